The van der Waals surface area contributed by atoms with Gasteiger partial charge in [0.1, 0.15) is 0 Å². The topological polar surface area (TPSA) is 25.2 Å². The Morgan fingerprint density at radius 1 is 0.248 bits per heavy atom. The van der Waals surface area contributed by atoms with Gasteiger partial charge in [0.05, 0.1) is 85.7 Å². The summed E-state index contributed by atoms with van der Waals surface area (Å²) >= 11 is 0. The first-order valence-corrected chi connectivity index (χ1v) is 38.4. The summed E-state index contributed by atoms with van der Waals surface area (Å²) < 4.78 is 149. The van der Waals surface area contributed by atoms with E-state index in [0.29, 0.717) is 54.7 Å². The molecule has 8 heterocycles. The van der Waals surface area contributed by atoms with E-state index in [0.717, 1.165) is 121 Å². The minimum absolute atomic E-state index is 0.0401. The molecule has 0 aliphatic carbocycles. The summed E-state index contributed by atoms with van der Waals surface area (Å²) in [6.45, 7) is 5.86. The Balaban J connectivity index is 0.974. The molecule has 6 nitrogen and oxygen atoms in total. The van der Waals surface area contributed by atoms with Crippen LogP contribution in [0.5, 0.6) is 0 Å². The molecule has 113 heavy (non-hydrogen) atoms. The summed E-state index contributed by atoms with van der Waals surface area (Å²) in [6, 6.07) is 90.6. The highest BCUT2D eigenvalue weighted by atomic mass is 15.2. The average molecular weight is 1450 g/mol. The SMILES string of the molecule is [2H]c1c([2H])c([2H])c2c(c1[2H])c1c([2H])c([2H])c([2H])c3c4ccccc4c4ccccc4c4cc5c(cc4n2c31)N(c1cccc2c1c1ccccc1n2-c1ccccc1)c1cc(C(C)(C)C)cc2c1B5c1cc3c4ccccc4c4ccccc4c4c([2H])c([2H])c([2H])c5c6c([2H])c([2H])c([2H])c([2H])c6n(c3cc1N2c1cccc2c1c1ccccc1n2-c1ccccc1)c45. The van der Waals surface area contributed by atoms with Crippen LogP contribution in [0.4, 0.5) is 34.1 Å². The maximum absolute atomic E-state index is 10.4. The summed E-state index contributed by atoms with van der Waals surface area (Å²) in [5, 5.41) is 11.4. The summed E-state index contributed by atoms with van der Waals surface area (Å²) in [6.07, 6.45) is 0. The quantitative estimate of drug-likeness (QED) is 0.164. The van der Waals surface area contributed by atoms with Gasteiger partial charge in [0.15, 0.2) is 0 Å². The lowest BCUT2D eigenvalue weighted by molar-refractivity contribution is 0.590. The van der Waals surface area contributed by atoms with Crippen molar-refractivity contribution >= 4 is 220 Å². The molecule has 7 heteroatoms. The molecular formula is C106H69BN6. The van der Waals surface area contributed by atoms with Crippen LogP contribution < -0.4 is 26.2 Å². The Hall–Kier alpha value is -14.4. The minimum Gasteiger partial charge on any atom is -0.311 e. The molecule has 0 radical (unpaired) electrons. The fraction of sp³-hybridized carbons (Fsp3) is 0.0377. The van der Waals surface area contributed by atoms with Crippen LogP contribution >= 0.6 is 0 Å². The third kappa shape index (κ3) is 8.52. The molecule has 0 saturated heterocycles. The van der Waals surface area contributed by atoms with Gasteiger partial charge in [0, 0.05) is 98.8 Å². The maximum Gasteiger partial charge on any atom is 0.252 e. The maximum atomic E-state index is 10.4. The van der Waals surface area contributed by atoms with Crippen LogP contribution in [0.2, 0.25) is 0 Å². The Labute approximate surface area is 670 Å². The largest absolute Gasteiger partial charge is 0.311 e. The molecule has 17 aromatic carbocycles. The lowest BCUT2D eigenvalue weighted by Crippen LogP contribution is -2.61. The predicted molar refractivity (Wildman–Crippen MR) is 482 cm³/mol. The van der Waals surface area contributed by atoms with Crippen molar-refractivity contribution in [1.82, 2.24) is 17.9 Å². The number of rotatable bonds is 4. The van der Waals surface area contributed by atoms with Crippen molar-refractivity contribution in [2.45, 2.75) is 26.2 Å². The molecule has 0 bridgehead atoms. The zero-order chi connectivity index (χ0) is 86.4. The average Bonchev–Trinajstić information content (AvgIpc) is 1.67. The number of fused-ring (bicyclic) bond motifs is 30. The second kappa shape index (κ2) is 23.1. The molecule has 0 spiro atoms. The van der Waals surface area contributed by atoms with Crippen LogP contribution in [-0.4, -0.2) is 24.6 Å². The van der Waals surface area contributed by atoms with Crippen LogP contribution in [0.3, 0.4) is 0 Å². The van der Waals surface area contributed by atoms with Gasteiger partial charge in [-0.3, -0.25) is 0 Å². The first-order chi connectivity index (χ1) is 61.6. The first kappa shape index (κ1) is 50.3. The van der Waals surface area contributed by atoms with Crippen molar-refractivity contribution in [3.8, 4) is 11.4 Å². The van der Waals surface area contributed by atoms with Crippen molar-refractivity contribution in [2.24, 2.45) is 0 Å². The highest BCUT2D eigenvalue weighted by Crippen LogP contribution is 2.54. The van der Waals surface area contributed by atoms with Crippen LogP contribution in [0.25, 0.3) is 174 Å². The van der Waals surface area contributed by atoms with Gasteiger partial charge in [-0.25, -0.2) is 0 Å². The lowest BCUT2D eigenvalue weighted by atomic mass is 9.33. The van der Waals surface area contributed by atoms with Crippen molar-refractivity contribution < 1.29 is 19.2 Å². The molecule has 2 aliphatic heterocycles. The molecular weight excluding hydrogens is 1370 g/mol. The Morgan fingerprint density at radius 2 is 0.575 bits per heavy atom. The Kier molecular flexibility index (Phi) is 10.3. The predicted octanol–water partition coefficient (Wildman–Crippen LogP) is 26.4. The number of hydrogen-bond donors (Lipinski definition) is 0. The number of anilines is 6. The summed E-state index contributed by atoms with van der Waals surface area (Å²) in [7, 11) is 0. The van der Waals surface area contributed by atoms with Gasteiger partial charge in [-0.1, -0.05) is 287 Å². The molecule has 23 aromatic rings. The highest BCUT2D eigenvalue weighted by Gasteiger charge is 2.46. The van der Waals surface area contributed by atoms with Crippen molar-refractivity contribution in [3.05, 3.63) is 369 Å². The van der Waals surface area contributed by atoms with Crippen LogP contribution in [-0.2, 0) is 5.41 Å². The van der Waals surface area contributed by atoms with Crippen LogP contribution in [0, 0.1) is 0 Å². The van der Waals surface area contributed by atoms with E-state index in [4.69, 9.17) is 0 Å². The van der Waals surface area contributed by atoms with E-state index >= 15 is 0 Å². The second-order valence-electron chi connectivity index (χ2n) is 31.1. The summed E-state index contributed by atoms with van der Waals surface area (Å²) in [5.41, 5.74) is 14.6. The lowest BCUT2D eigenvalue weighted by Gasteiger charge is -2.45. The number of hydrogen-bond acceptors (Lipinski definition) is 2. The molecule has 6 aromatic heterocycles. The molecule has 0 atom stereocenters. The van der Waals surface area contributed by atoms with E-state index in [1.54, 1.807) is 0 Å². The van der Waals surface area contributed by atoms with E-state index < -0.39 is 48.4 Å². The monoisotopic (exact) mass is 1450 g/mol. The molecule has 526 valence electrons. The van der Waals surface area contributed by atoms with Crippen molar-refractivity contribution in [1.29, 1.82) is 0 Å². The Morgan fingerprint density at radius 3 is 0.973 bits per heavy atom. The fourth-order valence-corrected chi connectivity index (χ4v) is 19.7. The van der Waals surface area contributed by atoms with Gasteiger partial charge in [-0.15, -0.1) is 0 Å². The summed E-state index contributed by atoms with van der Waals surface area (Å²) in [5.74, 6) is 0. The van der Waals surface area contributed by atoms with Gasteiger partial charge in [-0.2, -0.15) is 0 Å². The van der Waals surface area contributed by atoms with Crippen LogP contribution in [0.1, 0.15) is 45.5 Å². The summed E-state index contributed by atoms with van der Waals surface area (Å²) in [4.78, 5) is 4.82. The van der Waals surface area contributed by atoms with E-state index in [-0.39, 0.29) is 103 Å². The van der Waals surface area contributed by atoms with E-state index in [1.165, 1.54) is 0 Å². The first-order valence-electron chi connectivity index (χ1n) is 45.4. The minimum atomic E-state index is -0.811. The fourth-order valence-electron chi connectivity index (χ4n) is 19.7. The molecule has 0 saturated carbocycles. The zero-order valence-electron chi connectivity index (χ0n) is 75.3. The third-order valence-corrected chi connectivity index (χ3v) is 24.3. The second-order valence-corrected chi connectivity index (χ2v) is 31.1. The van der Waals surface area contributed by atoms with Gasteiger partial charge in [0.2, 0.25) is 0 Å². The molecule has 0 N–H and O–H groups in total. The third-order valence-electron chi connectivity index (χ3n) is 24.3. The van der Waals surface area contributed by atoms with Crippen LogP contribution in [0.15, 0.2) is 364 Å². The van der Waals surface area contributed by atoms with E-state index in [1.807, 2.05) is 93.7 Å². The number of para-hydroxylation sites is 8. The molecule has 0 amide bonds. The number of benzene rings is 17. The van der Waals surface area contributed by atoms with Gasteiger partial charge in [-0.05, 0) is 167 Å². The van der Waals surface area contributed by atoms with Gasteiger partial charge >= 0.3 is 0 Å². The van der Waals surface area contributed by atoms with E-state index in [9.17, 15) is 19.2 Å². The Bertz CT molecular complexity index is 8660. The van der Waals surface area contributed by atoms with Crippen molar-refractivity contribution in [3.63, 3.8) is 0 Å². The molecule has 25 rings (SSSR count). The number of aromatic nitrogens is 4. The normalized spacial score (nSPS) is 14.8. The number of nitrogens with zero attached hydrogens (tertiary/aromatic N) is 6. The molecule has 2 aliphatic rings. The standard InChI is InChI=1S/C106H69BN6/c1-106(2,3)64-58-99-103-100(59-64)111(94-57-29-55-92-102(94)82-45-21-25-53-90(82)109(92)66-32-8-5-9-33-66)98-63-96-84(74-41-17-13-37-70(74)68-35-11-15-39-72(68)78-47-27-49-80-76-43-19-23-51-88(76)113(96)105(78)80)61-86(98)107(103)85-60-83-73-40-16-12-36-69(73)67-34-10-14-38-71(67)77-46-26-48-79-75-42-18-22-50-87(75)112(104(77)79)95(83)62-97(85)110(99)93-56-28-54-91-101(93)81-44-20-24-52-89(81)108(91)65-30-6-4-7-31-65/h4-63H,1-3H3/i18D,19D,22D,23D,26D,27D,42D,43D,46D,47D,48D,49D,50D,51D. The van der Waals surface area contributed by atoms with Gasteiger partial charge in [0.25, 0.3) is 6.71 Å². The highest BCUT2D eigenvalue weighted by molar-refractivity contribution is 7.00. The zero-order valence-corrected chi connectivity index (χ0v) is 61.3. The molecule has 0 fully saturated rings. The van der Waals surface area contributed by atoms with Gasteiger partial charge < -0.3 is 27.7 Å². The molecule has 0 unspecified atom stereocenters. The smallest absolute Gasteiger partial charge is 0.252 e. The van der Waals surface area contributed by atoms with E-state index in [2.05, 4.69) is 234 Å². The van der Waals surface area contributed by atoms with Crippen molar-refractivity contribution in [2.75, 3.05) is 9.80 Å².